The zero-order chi connectivity index (χ0) is 16.3. The number of rotatable bonds is 5. The van der Waals surface area contributed by atoms with Gasteiger partial charge in [-0.25, -0.2) is 8.78 Å². The van der Waals surface area contributed by atoms with Gasteiger partial charge in [0.2, 0.25) is 5.78 Å². The highest BCUT2D eigenvalue weighted by atomic mass is 79.9. The maximum absolute atomic E-state index is 12.2. The van der Waals surface area contributed by atoms with Crippen LogP contribution in [0.25, 0.3) is 10.9 Å². The van der Waals surface area contributed by atoms with E-state index in [2.05, 4.69) is 20.9 Å². The first-order chi connectivity index (χ1) is 10.5. The molecule has 7 heteroatoms. The fourth-order valence-electron chi connectivity index (χ4n) is 1.91. The van der Waals surface area contributed by atoms with Crippen molar-refractivity contribution < 1.29 is 18.3 Å². The lowest BCUT2D eigenvalue weighted by Crippen LogP contribution is -2.07. The van der Waals surface area contributed by atoms with E-state index in [1.165, 1.54) is 6.08 Å². The number of nitriles is 1. The molecular weight excluding hydrogens is 358 g/mol. The molecule has 0 fully saturated rings. The van der Waals surface area contributed by atoms with Crippen LogP contribution in [0.2, 0.25) is 0 Å². The van der Waals surface area contributed by atoms with E-state index in [4.69, 9.17) is 10.00 Å². The highest BCUT2D eigenvalue weighted by molar-refractivity contribution is 9.10. The summed E-state index contributed by atoms with van der Waals surface area (Å²) in [6.07, 6.45) is -1.14. The molecule has 0 radical (unpaired) electrons. The number of nitrogens with one attached hydrogen (secondary N) is 1. The summed E-state index contributed by atoms with van der Waals surface area (Å²) >= 11 is 3.23. The van der Waals surface area contributed by atoms with Gasteiger partial charge in [-0.15, -0.1) is 0 Å². The van der Waals surface area contributed by atoms with Crippen LogP contribution in [0, 0.1) is 11.3 Å². The summed E-state index contributed by atoms with van der Waals surface area (Å²) in [5.41, 5.74) is 0.912. The number of allylic oxidation sites excluding steroid dienone is 2. The van der Waals surface area contributed by atoms with Crippen molar-refractivity contribution in [3.8, 4) is 11.8 Å². The minimum Gasteiger partial charge on any atom is -0.486 e. The monoisotopic (exact) mass is 368 g/mol. The molecule has 114 valence electrons. The minimum atomic E-state index is -2.57. The molecule has 0 bridgehead atoms. The molecule has 0 aliphatic rings. The minimum absolute atomic E-state index is 0.0276. The first-order valence-corrected chi connectivity index (χ1v) is 7.10. The molecule has 2 rings (SSSR count). The Morgan fingerprint density at radius 3 is 2.82 bits per heavy atom. The molecule has 0 saturated carbocycles. The Morgan fingerprint density at radius 2 is 2.23 bits per heavy atom. The zero-order valence-electron chi connectivity index (χ0n) is 11.5. The third-order valence-electron chi connectivity index (χ3n) is 2.94. The van der Waals surface area contributed by atoms with Gasteiger partial charge < -0.3 is 9.72 Å². The summed E-state index contributed by atoms with van der Waals surface area (Å²) in [5.74, 6) is -0.162. The Labute approximate surface area is 133 Å². The number of Topliss-reactive ketones (excluding diaryl/α,β-unsaturated/α-hetero) is 1. The van der Waals surface area contributed by atoms with Crippen LogP contribution >= 0.6 is 15.9 Å². The molecule has 0 aliphatic carbocycles. The van der Waals surface area contributed by atoms with E-state index in [-0.39, 0.29) is 17.0 Å². The second kappa shape index (κ2) is 6.71. The molecule has 0 saturated heterocycles. The number of carbonyl (C=O) groups excluding carboxylic acids is 1. The first-order valence-electron chi connectivity index (χ1n) is 6.30. The third kappa shape index (κ3) is 3.34. The molecule has 0 amide bonds. The van der Waals surface area contributed by atoms with Crippen LogP contribution in [0.1, 0.15) is 17.4 Å². The lowest BCUT2D eigenvalue weighted by atomic mass is 10.1. The highest BCUT2D eigenvalue weighted by Gasteiger charge is 2.15. The van der Waals surface area contributed by atoms with E-state index < -0.39 is 18.8 Å². The quantitative estimate of drug-likeness (QED) is 0.487. The number of alkyl halides is 2. The Hall–Kier alpha value is -2.20. The summed E-state index contributed by atoms with van der Waals surface area (Å²) < 4.78 is 29.9. The van der Waals surface area contributed by atoms with E-state index in [9.17, 15) is 13.6 Å². The number of nitrogens with zero attached hydrogens (tertiary/aromatic N) is 1. The summed E-state index contributed by atoms with van der Waals surface area (Å²) in [7, 11) is 0. The van der Waals surface area contributed by atoms with Gasteiger partial charge in [0.1, 0.15) is 18.4 Å². The normalized spacial score (nSPS) is 11.7. The number of halogens is 3. The molecule has 1 N–H and O–H groups in total. The standard InChI is InChI=1S/C15H11BrF2N2O2/c1-2-8(6-19)15(21)12-3-9-4-13(22-7-14(17)18)10(16)5-11(9)20-12/h2-5,14,20H,7H2,1H3/b8-2+. The molecule has 4 nitrogen and oxygen atoms in total. The van der Waals surface area contributed by atoms with Gasteiger partial charge in [0.15, 0.2) is 0 Å². The van der Waals surface area contributed by atoms with Crippen LogP contribution in [0.15, 0.2) is 34.3 Å². The topological polar surface area (TPSA) is 65.9 Å². The predicted octanol–water partition coefficient (Wildman–Crippen LogP) is 4.23. The van der Waals surface area contributed by atoms with Crippen LogP contribution in [-0.2, 0) is 0 Å². The Morgan fingerprint density at radius 1 is 1.50 bits per heavy atom. The highest BCUT2D eigenvalue weighted by Crippen LogP contribution is 2.31. The summed E-state index contributed by atoms with van der Waals surface area (Å²) in [6.45, 7) is 0.892. The number of hydrogen-bond acceptors (Lipinski definition) is 3. The summed E-state index contributed by atoms with van der Waals surface area (Å²) in [4.78, 5) is 15.0. The number of aromatic amines is 1. The molecule has 0 spiro atoms. The first kappa shape index (κ1) is 16.2. The van der Waals surface area contributed by atoms with Gasteiger partial charge in [-0.2, -0.15) is 5.26 Å². The van der Waals surface area contributed by atoms with Crippen molar-refractivity contribution in [2.24, 2.45) is 0 Å². The van der Waals surface area contributed by atoms with Crippen molar-refractivity contribution in [1.29, 1.82) is 5.26 Å². The smallest absolute Gasteiger partial charge is 0.272 e. The molecule has 22 heavy (non-hydrogen) atoms. The van der Waals surface area contributed by atoms with Gasteiger partial charge in [0.25, 0.3) is 6.43 Å². The van der Waals surface area contributed by atoms with Crippen LogP contribution < -0.4 is 4.74 Å². The number of aromatic nitrogens is 1. The SMILES string of the molecule is C/C=C(\C#N)C(=O)c1cc2cc(OCC(F)F)c(Br)cc2[nH]1. The van der Waals surface area contributed by atoms with Crippen molar-refractivity contribution in [2.45, 2.75) is 13.3 Å². The van der Waals surface area contributed by atoms with E-state index in [0.717, 1.165) is 0 Å². The average Bonchev–Trinajstić information content (AvgIpc) is 2.88. The van der Waals surface area contributed by atoms with E-state index in [1.807, 2.05) is 6.07 Å². The number of H-pyrrole nitrogens is 1. The Bertz CT molecular complexity index is 791. The summed E-state index contributed by atoms with van der Waals surface area (Å²) in [5, 5.41) is 9.52. The molecule has 1 aromatic carbocycles. The molecule has 0 aliphatic heterocycles. The van der Waals surface area contributed by atoms with Crippen molar-refractivity contribution in [3.05, 3.63) is 40.0 Å². The lowest BCUT2D eigenvalue weighted by Gasteiger charge is -2.07. The molecule has 1 aromatic heterocycles. The van der Waals surface area contributed by atoms with E-state index in [0.29, 0.717) is 15.4 Å². The fourth-order valence-corrected chi connectivity index (χ4v) is 2.37. The summed E-state index contributed by atoms with van der Waals surface area (Å²) in [6, 6.07) is 6.57. The van der Waals surface area contributed by atoms with Gasteiger partial charge in [-0.1, -0.05) is 6.08 Å². The van der Waals surface area contributed by atoms with E-state index >= 15 is 0 Å². The second-order valence-electron chi connectivity index (χ2n) is 4.40. The molecule has 1 heterocycles. The van der Waals surface area contributed by atoms with Gasteiger partial charge in [-0.05, 0) is 41.1 Å². The number of hydrogen-bond donors (Lipinski definition) is 1. The van der Waals surface area contributed by atoms with Crippen molar-refractivity contribution in [2.75, 3.05) is 6.61 Å². The van der Waals surface area contributed by atoms with Gasteiger partial charge >= 0.3 is 0 Å². The van der Waals surface area contributed by atoms with E-state index in [1.54, 1.807) is 25.1 Å². The average molecular weight is 369 g/mol. The number of benzene rings is 1. The molecule has 0 unspecified atom stereocenters. The van der Waals surface area contributed by atoms with Crippen LogP contribution in [0.3, 0.4) is 0 Å². The van der Waals surface area contributed by atoms with Gasteiger partial charge in [0.05, 0.1) is 15.7 Å². The zero-order valence-corrected chi connectivity index (χ0v) is 13.1. The number of ether oxygens (including phenoxy) is 1. The van der Waals surface area contributed by atoms with Crippen molar-refractivity contribution in [1.82, 2.24) is 4.98 Å². The largest absolute Gasteiger partial charge is 0.486 e. The maximum Gasteiger partial charge on any atom is 0.272 e. The third-order valence-corrected chi connectivity index (χ3v) is 3.56. The maximum atomic E-state index is 12.2. The second-order valence-corrected chi connectivity index (χ2v) is 5.25. The van der Waals surface area contributed by atoms with Crippen molar-refractivity contribution in [3.63, 3.8) is 0 Å². The Kier molecular flexibility index (Phi) is 4.93. The lowest BCUT2D eigenvalue weighted by molar-refractivity contribution is 0.0816. The molecule has 0 atom stereocenters. The number of fused-ring (bicyclic) bond motifs is 1. The van der Waals surface area contributed by atoms with Crippen LogP contribution in [0.5, 0.6) is 5.75 Å². The predicted molar refractivity (Wildman–Crippen MR) is 81.2 cm³/mol. The van der Waals surface area contributed by atoms with Crippen LogP contribution in [0.4, 0.5) is 8.78 Å². The van der Waals surface area contributed by atoms with Crippen LogP contribution in [-0.4, -0.2) is 23.8 Å². The number of ketones is 1. The molecule has 2 aromatic rings. The van der Waals surface area contributed by atoms with Gasteiger partial charge in [0, 0.05) is 10.9 Å². The molecular formula is C15H11BrF2N2O2. The number of carbonyl (C=O) groups is 1. The van der Waals surface area contributed by atoms with Gasteiger partial charge in [-0.3, -0.25) is 4.79 Å². The Balaban J connectivity index is 2.39. The van der Waals surface area contributed by atoms with Crippen molar-refractivity contribution >= 4 is 32.6 Å². The fraction of sp³-hybridized carbons (Fsp3) is 0.200.